The van der Waals surface area contributed by atoms with Gasteiger partial charge >= 0.3 is 0 Å². The monoisotopic (exact) mass is 327 g/mol. The SMILES string of the molecule is Cc1nc2ccccc2n1CC(=O)NC(C)c1ccccc1Cl. The van der Waals surface area contributed by atoms with Crippen molar-refractivity contribution in [2.24, 2.45) is 0 Å². The quantitative estimate of drug-likeness (QED) is 0.790. The van der Waals surface area contributed by atoms with Crippen molar-refractivity contribution >= 4 is 28.5 Å². The molecular formula is C18H18ClN3O. The van der Waals surface area contributed by atoms with Crippen molar-refractivity contribution in [3.05, 3.63) is 64.9 Å². The lowest BCUT2D eigenvalue weighted by Gasteiger charge is -2.16. The van der Waals surface area contributed by atoms with Crippen LogP contribution in [0.25, 0.3) is 11.0 Å². The highest BCUT2D eigenvalue weighted by molar-refractivity contribution is 6.31. The topological polar surface area (TPSA) is 46.9 Å². The van der Waals surface area contributed by atoms with Crippen molar-refractivity contribution in [2.45, 2.75) is 26.4 Å². The van der Waals surface area contributed by atoms with E-state index >= 15 is 0 Å². The maximum atomic E-state index is 12.4. The van der Waals surface area contributed by atoms with Gasteiger partial charge in [-0.15, -0.1) is 0 Å². The summed E-state index contributed by atoms with van der Waals surface area (Å²) in [7, 11) is 0. The first-order chi connectivity index (χ1) is 11.1. The van der Waals surface area contributed by atoms with Gasteiger partial charge in [0.2, 0.25) is 5.91 Å². The third kappa shape index (κ3) is 3.22. The van der Waals surface area contributed by atoms with E-state index in [4.69, 9.17) is 11.6 Å². The van der Waals surface area contributed by atoms with Crippen LogP contribution >= 0.6 is 11.6 Å². The Bertz CT molecular complexity index is 856. The molecule has 0 fully saturated rings. The third-order valence-corrected chi connectivity index (χ3v) is 4.24. The number of amides is 1. The summed E-state index contributed by atoms with van der Waals surface area (Å²) in [6, 6.07) is 15.2. The van der Waals surface area contributed by atoms with E-state index in [9.17, 15) is 4.79 Å². The molecular weight excluding hydrogens is 310 g/mol. The standard InChI is InChI=1S/C18H18ClN3O/c1-12(14-7-3-4-8-15(14)19)20-18(23)11-22-13(2)21-16-9-5-6-10-17(16)22/h3-10,12H,11H2,1-2H3,(H,20,23). The molecule has 0 bridgehead atoms. The molecule has 1 amide bonds. The van der Waals surface area contributed by atoms with E-state index in [0.717, 1.165) is 22.4 Å². The summed E-state index contributed by atoms with van der Waals surface area (Å²) in [5.41, 5.74) is 2.78. The second-order valence-corrected chi connectivity index (χ2v) is 5.95. The van der Waals surface area contributed by atoms with Crippen LogP contribution in [0.2, 0.25) is 5.02 Å². The van der Waals surface area contributed by atoms with E-state index in [-0.39, 0.29) is 18.5 Å². The first-order valence-electron chi connectivity index (χ1n) is 7.52. The van der Waals surface area contributed by atoms with Crippen molar-refractivity contribution in [3.8, 4) is 0 Å². The number of halogens is 1. The number of carbonyl (C=O) groups is 1. The van der Waals surface area contributed by atoms with Crippen LogP contribution in [0.1, 0.15) is 24.4 Å². The molecule has 118 valence electrons. The second kappa shape index (κ2) is 6.42. The van der Waals surface area contributed by atoms with E-state index < -0.39 is 0 Å². The summed E-state index contributed by atoms with van der Waals surface area (Å²) in [6.07, 6.45) is 0. The average molecular weight is 328 g/mol. The van der Waals surface area contributed by atoms with Gasteiger partial charge in [-0.3, -0.25) is 4.79 Å². The van der Waals surface area contributed by atoms with Crippen LogP contribution in [0.15, 0.2) is 48.5 Å². The van der Waals surface area contributed by atoms with E-state index in [1.54, 1.807) is 0 Å². The summed E-state index contributed by atoms with van der Waals surface area (Å²) in [5, 5.41) is 3.65. The van der Waals surface area contributed by atoms with Gasteiger partial charge in [0.05, 0.1) is 17.1 Å². The lowest BCUT2D eigenvalue weighted by atomic mass is 10.1. The van der Waals surface area contributed by atoms with Crippen molar-refractivity contribution in [3.63, 3.8) is 0 Å². The minimum atomic E-state index is -0.147. The van der Waals surface area contributed by atoms with Crippen LogP contribution in [0.4, 0.5) is 0 Å². The predicted molar refractivity (Wildman–Crippen MR) is 92.5 cm³/mol. The van der Waals surface area contributed by atoms with Crippen molar-refractivity contribution in [2.75, 3.05) is 0 Å². The Morgan fingerprint density at radius 2 is 1.91 bits per heavy atom. The molecule has 1 N–H and O–H groups in total. The zero-order valence-corrected chi connectivity index (χ0v) is 13.8. The van der Waals surface area contributed by atoms with Crippen LogP contribution in [-0.2, 0) is 11.3 Å². The molecule has 0 aliphatic rings. The van der Waals surface area contributed by atoms with Gasteiger partial charge in [-0.05, 0) is 37.6 Å². The number of nitrogens with zero attached hydrogens (tertiary/aromatic N) is 2. The molecule has 0 radical (unpaired) electrons. The van der Waals surface area contributed by atoms with Gasteiger partial charge in [-0.1, -0.05) is 41.9 Å². The fourth-order valence-corrected chi connectivity index (χ4v) is 3.03. The second-order valence-electron chi connectivity index (χ2n) is 5.54. The Kier molecular flexibility index (Phi) is 4.35. The molecule has 3 aromatic rings. The molecule has 1 atom stereocenters. The Labute approximate surface area is 140 Å². The normalized spacial score (nSPS) is 12.3. The smallest absolute Gasteiger partial charge is 0.240 e. The number of aryl methyl sites for hydroxylation is 1. The summed E-state index contributed by atoms with van der Waals surface area (Å²) in [6.45, 7) is 4.07. The molecule has 3 rings (SSSR count). The summed E-state index contributed by atoms with van der Waals surface area (Å²) >= 11 is 6.18. The molecule has 2 aromatic carbocycles. The number of fused-ring (bicyclic) bond motifs is 1. The molecule has 4 nitrogen and oxygen atoms in total. The van der Waals surface area contributed by atoms with Crippen LogP contribution in [-0.4, -0.2) is 15.5 Å². The number of aromatic nitrogens is 2. The number of imidazole rings is 1. The van der Waals surface area contributed by atoms with Crippen LogP contribution < -0.4 is 5.32 Å². The highest BCUT2D eigenvalue weighted by Crippen LogP contribution is 2.22. The number of rotatable bonds is 4. The zero-order chi connectivity index (χ0) is 16.4. The van der Waals surface area contributed by atoms with Gasteiger partial charge in [0.1, 0.15) is 12.4 Å². The van der Waals surface area contributed by atoms with Gasteiger partial charge in [0, 0.05) is 5.02 Å². The number of benzene rings is 2. The number of carbonyl (C=O) groups excluding carboxylic acids is 1. The summed E-state index contributed by atoms with van der Waals surface area (Å²) < 4.78 is 1.92. The lowest BCUT2D eigenvalue weighted by Crippen LogP contribution is -2.30. The van der Waals surface area contributed by atoms with Crippen molar-refractivity contribution in [1.29, 1.82) is 0 Å². The molecule has 0 aliphatic carbocycles. The maximum Gasteiger partial charge on any atom is 0.240 e. The van der Waals surface area contributed by atoms with Gasteiger partial charge in [-0.25, -0.2) is 4.98 Å². The Morgan fingerprint density at radius 3 is 2.70 bits per heavy atom. The van der Waals surface area contributed by atoms with E-state index in [0.29, 0.717) is 5.02 Å². The van der Waals surface area contributed by atoms with Gasteiger partial charge in [-0.2, -0.15) is 0 Å². The van der Waals surface area contributed by atoms with Crippen LogP contribution in [0.5, 0.6) is 0 Å². The third-order valence-electron chi connectivity index (χ3n) is 3.90. The number of nitrogens with one attached hydrogen (secondary N) is 1. The molecule has 0 aliphatic heterocycles. The minimum Gasteiger partial charge on any atom is -0.348 e. The van der Waals surface area contributed by atoms with E-state index in [1.807, 2.05) is 66.9 Å². The minimum absolute atomic E-state index is 0.0660. The maximum absolute atomic E-state index is 12.4. The zero-order valence-electron chi connectivity index (χ0n) is 13.1. The van der Waals surface area contributed by atoms with Crippen LogP contribution in [0.3, 0.4) is 0 Å². The lowest BCUT2D eigenvalue weighted by molar-refractivity contribution is -0.122. The molecule has 1 heterocycles. The molecule has 0 saturated heterocycles. The first-order valence-corrected chi connectivity index (χ1v) is 7.89. The molecule has 5 heteroatoms. The van der Waals surface area contributed by atoms with Crippen molar-refractivity contribution < 1.29 is 4.79 Å². The highest BCUT2D eigenvalue weighted by Gasteiger charge is 2.15. The fraction of sp³-hybridized carbons (Fsp3) is 0.222. The molecule has 0 saturated carbocycles. The molecule has 1 aromatic heterocycles. The Hall–Kier alpha value is -2.33. The Morgan fingerprint density at radius 1 is 1.22 bits per heavy atom. The first kappa shape index (κ1) is 15.6. The number of hydrogen-bond acceptors (Lipinski definition) is 2. The summed E-state index contributed by atoms with van der Waals surface area (Å²) in [4.78, 5) is 16.9. The van der Waals surface area contributed by atoms with Crippen molar-refractivity contribution in [1.82, 2.24) is 14.9 Å². The molecule has 0 spiro atoms. The van der Waals surface area contributed by atoms with E-state index in [1.165, 1.54) is 0 Å². The van der Waals surface area contributed by atoms with Crippen LogP contribution in [0, 0.1) is 6.92 Å². The van der Waals surface area contributed by atoms with Gasteiger partial charge in [0.15, 0.2) is 0 Å². The summed E-state index contributed by atoms with van der Waals surface area (Å²) in [5.74, 6) is 0.760. The molecule has 23 heavy (non-hydrogen) atoms. The van der Waals surface area contributed by atoms with Gasteiger partial charge in [0.25, 0.3) is 0 Å². The Balaban J connectivity index is 1.76. The average Bonchev–Trinajstić information content (AvgIpc) is 2.83. The number of para-hydroxylation sites is 2. The highest BCUT2D eigenvalue weighted by atomic mass is 35.5. The largest absolute Gasteiger partial charge is 0.348 e. The van der Waals surface area contributed by atoms with E-state index in [2.05, 4.69) is 10.3 Å². The predicted octanol–water partition coefficient (Wildman–Crippen LogP) is 3.88. The fourth-order valence-electron chi connectivity index (χ4n) is 2.73. The van der Waals surface area contributed by atoms with Gasteiger partial charge < -0.3 is 9.88 Å². The molecule has 1 unspecified atom stereocenters. The number of hydrogen-bond donors (Lipinski definition) is 1.